The number of nitrogens with zero attached hydrogens (tertiary/aromatic N) is 3. The number of aromatic nitrogens is 2. The molecule has 1 atom stereocenters. The third-order valence-corrected chi connectivity index (χ3v) is 6.75. The lowest BCUT2D eigenvalue weighted by atomic mass is 10.0. The maximum absolute atomic E-state index is 13.4. The van der Waals surface area contributed by atoms with Crippen LogP contribution < -0.4 is 5.32 Å². The molecule has 0 spiro atoms. The number of fused-ring (bicyclic) bond motifs is 1. The summed E-state index contributed by atoms with van der Waals surface area (Å²) in [5.41, 5.74) is 2.14. The van der Waals surface area contributed by atoms with Crippen LogP contribution in [0.5, 0.6) is 0 Å². The fraction of sp³-hybridized carbons (Fsp3) is 0.207. The number of carbonyl (C=O) groups is 2. The van der Waals surface area contributed by atoms with E-state index in [0.717, 1.165) is 17.7 Å². The number of hydrogen-bond acceptors (Lipinski definition) is 3. The molecule has 1 N–H and O–H groups in total. The standard InChI is InChI=1S/C29H25F3N4O2/c1-2-25(37)35-16-15-22(18-35)36-27-23(26(34-36)20-11-13-21(14-12-20)29(30,31)32)9-6-10-24(27)28(38)33-17-19-7-4-3-5-8-19/h2-14,22H,1,15-18H2,(H,33,38). The van der Waals surface area contributed by atoms with Crippen LogP contribution in [0.2, 0.25) is 0 Å². The number of amides is 2. The first-order valence-corrected chi connectivity index (χ1v) is 12.2. The van der Waals surface area contributed by atoms with Gasteiger partial charge < -0.3 is 10.2 Å². The number of halogens is 3. The Balaban J connectivity index is 1.57. The van der Waals surface area contributed by atoms with E-state index in [1.165, 1.54) is 18.2 Å². The van der Waals surface area contributed by atoms with E-state index in [1.54, 1.807) is 27.8 Å². The van der Waals surface area contributed by atoms with Crippen LogP contribution in [-0.4, -0.2) is 39.6 Å². The van der Waals surface area contributed by atoms with Crippen molar-refractivity contribution >= 4 is 22.7 Å². The van der Waals surface area contributed by atoms with Crippen LogP contribution in [0.25, 0.3) is 22.2 Å². The highest BCUT2D eigenvalue weighted by atomic mass is 19.4. The Morgan fingerprint density at radius 3 is 2.45 bits per heavy atom. The van der Waals surface area contributed by atoms with E-state index < -0.39 is 11.7 Å². The molecule has 194 valence electrons. The largest absolute Gasteiger partial charge is 0.416 e. The van der Waals surface area contributed by atoms with Crippen molar-refractivity contribution in [3.63, 3.8) is 0 Å². The molecule has 4 aromatic rings. The van der Waals surface area contributed by atoms with Crippen molar-refractivity contribution in [2.24, 2.45) is 0 Å². The number of rotatable bonds is 6. The minimum absolute atomic E-state index is 0.187. The van der Waals surface area contributed by atoms with Gasteiger partial charge in [0.1, 0.15) is 5.69 Å². The average molecular weight is 519 g/mol. The third-order valence-electron chi connectivity index (χ3n) is 6.75. The normalized spacial score (nSPS) is 15.6. The summed E-state index contributed by atoms with van der Waals surface area (Å²) >= 11 is 0. The SMILES string of the molecule is C=CC(=O)N1CCC(n2nc(-c3ccc(C(F)(F)F)cc3)c3cccc(C(=O)NCc4ccccc4)c32)C1. The zero-order chi connectivity index (χ0) is 26.9. The van der Waals surface area contributed by atoms with Crippen LogP contribution in [0.4, 0.5) is 13.2 Å². The van der Waals surface area contributed by atoms with Crippen LogP contribution in [0.15, 0.2) is 85.5 Å². The van der Waals surface area contributed by atoms with Gasteiger partial charge >= 0.3 is 6.18 Å². The fourth-order valence-electron chi connectivity index (χ4n) is 4.81. The molecule has 1 aliphatic heterocycles. The molecule has 1 unspecified atom stereocenters. The zero-order valence-electron chi connectivity index (χ0n) is 20.4. The van der Waals surface area contributed by atoms with Crippen molar-refractivity contribution in [1.82, 2.24) is 20.0 Å². The molecule has 3 aromatic carbocycles. The maximum atomic E-state index is 13.4. The van der Waals surface area contributed by atoms with E-state index in [2.05, 4.69) is 11.9 Å². The first-order valence-electron chi connectivity index (χ1n) is 12.2. The Kier molecular flexibility index (Phi) is 6.75. The van der Waals surface area contributed by atoms with Crippen molar-refractivity contribution in [3.05, 3.63) is 102 Å². The molecule has 0 radical (unpaired) electrons. The molecule has 38 heavy (non-hydrogen) atoms. The summed E-state index contributed by atoms with van der Waals surface area (Å²) in [4.78, 5) is 27.2. The molecule has 1 saturated heterocycles. The second-order valence-corrected chi connectivity index (χ2v) is 9.17. The van der Waals surface area contributed by atoms with Gasteiger partial charge in [-0.25, -0.2) is 0 Å². The topological polar surface area (TPSA) is 67.2 Å². The fourth-order valence-corrected chi connectivity index (χ4v) is 4.81. The van der Waals surface area contributed by atoms with E-state index in [0.29, 0.717) is 53.8 Å². The number of nitrogens with one attached hydrogen (secondary N) is 1. The first-order chi connectivity index (χ1) is 18.3. The molecule has 9 heteroatoms. The Labute approximate surface area is 217 Å². The quantitative estimate of drug-likeness (QED) is 0.338. The molecular weight excluding hydrogens is 493 g/mol. The van der Waals surface area contributed by atoms with Gasteiger partial charge in [0.15, 0.2) is 0 Å². The summed E-state index contributed by atoms with van der Waals surface area (Å²) in [6, 6.07) is 19.4. The lowest BCUT2D eigenvalue weighted by Crippen LogP contribution is -2.27. The van der Waals surface area contributed by atoms with Crippen LogP contribution in [0.1, 0.15) is 33.9 Å². The summed E-state index contributed by atoms with van der Waals surface area (Å²) in [6.07, 6.45) is -2.57. The molecule has 0 saturated carbocycles. The Hall–Kier alpha value is -4.40. The molecule has 6 nitrogen and oxygen atoms in total. The molecule has 1 aromatic heterocycles. The summed E-state index contributed by atoms with van der Waals surface area (Å²) in [5, 5.41) is 8.40. The predicted octanol–water partition coefficient (Wildman–Crippen LogP) is 5.61. The lowest BCUT2D eigenvalue weighted by molar-refractivity contribution is -0.137. The molecular formula is C29H25F3N4O2. The van der Waals surface area contributed by atoms with Crippen molar-refractivity contribution in [2.75, 3.05) is 13.1 Å². The molecule has 1 aliphatic rings. The number of hydrogen-bond donors (Lipinski definition) is 1. The lowest BCUT2D eigenvalue weighted by Gasteiger charge is -2.16. The Morgan fingerprint density at radius 1 is 1.03 bits per heavy atom. The van der Waals surface area contributed by atoms with Crippen LogP contribution in [0, 0.1) is 0 Å². The van der Waals surface area contributed by atoms with E-state index >= 15 is 0 Å². The number of alkyl halides is 3. The summed E-state index contributed by atoms with van der Waals surface area (Å²) in [6.45, 7) is 4.78. The molecule has 2 heterocycles. The van der Waals surface area contributed by atoms with E-state index in [4.69, 9.17) is 5.10 Å². The van der Waals surface area contributed by atoms with Gasteiger partial charge in [-0.2, -0.15) is 18.3 Å². The molecule has 5 rings (SSSR count). The van der Waals surface area contributed by atoms with Gasteiger partial charge in [0, 0.05) is 30.6 Å². The Bertz CT molecular complexity index is 1490. The first kappa shape index (κ1) is 25.3. The number of para-hydroxylation sites is 1. The van der Waals surface area contributed by atoms with Gasteiger partial charge in [0.2, 0.25) is 5.91 Å². The van der Waals surface area contributed by atoms with Gasteiger partial charge in [0.25, 0.3) is 5.91 Å². The number of likely N-dealkylation sites (tertiary alicyclic amines) is 1. The molecule has 0 bridgehead atoms. The van der Waals surface area contributed by atoms with Gasteiger partial charge in [-0.3, -0.25) is 14.3 Å². The van der Waals surface area contributed by atoms with E-state index in [-0.39, 0.29) is 17.9 Å². The van der Waals surface area contributed by atoms with Gasteiger partial charge in [0.05, 0.1) is 22.7 Å². The minimum Gasteiger partial charge on any atom is -0.348 e. The van der Waals surface area contributed by atoms with Crippen LogP contribution >= 0.6 is 0 Å². The summed E-state index contributed by atoms with van der Waals surface area (Å²) in [7, 11) is 0. The summed E-state index contributed by atoms with van der Waals surface area (Å²) in [5.74, 6) is -0.482. The minimum atomic E-state index is -4.45. The third kappa shape index (κ3) is 4.91. The van der Waals surface area contributed by atoms with Gasteiger partial charge in [-0.05, 0) is 36.3 Å². The highest BCUT2D eigenvalue weighted by molar-refractivity contribution is 6.08. The monoisotopic (exact) mass is 518 g/mol. The number of carbonyl (C=O) groups excluding carboxylic acids is 2. The molecule has 1 fully saturated rings. The highest BCUT2D eigenvalue weighted by Crippen LogP contribution is 2.36. The molecule has 2 amide bonds. The van der Waals surface area contributed by atoms with Crippen LogP contribution in [0.3, 0.4) is 0 Å². The maximum Gasteiger partial charge on any atom is 0.416 e. The second-order valence-electron chi connectivity index (χ2n) is 9.17. The zero-order valence-corrected chi connectivity index (χ0v) is 20.4. The molecule has 0 aliphatic carbocycles. The highest BCUT2D eigenvalue weighted by Gasteiger charge is 2.32. The van der Waals surface area contributed by atoms with Gasteiger partial charge in [-0.15, -0.1) is 0 Å². The van der Waals surface area contributed by atoms with Crippen molar-refractivity contribution in [3.8, 4) is 11.3 Å². The van der Waals surface area contributed by atoms with Crippen molar-refractivity contribution in [1.29, 1.82) is 0 Å². The van der Waals surface area contributed by atoms with Crippen molar-refractivity contribution < 1.29 is 22.8 Å². The second kappa shape index (κ2) is 10.2. The van der Waals surface area contributed by atoms with Gasteiger partial charge in [-0.1, -0.05) is 61.2 Å². The predicted molar refractivity (Wildman–Crippen MR) is 138 cm³/mol. The van der Waals surface area contributed by atoms with Crippen LogP contribution in [-0.2, 0) is 17.5 Å². The average Bonchev–Trinajstić information content (AvgIpc) is 3.57. The van der Waals surface area contributed by atoms with Crippen molar-refractivity contribution in [2.45, 2.75) is 25.2 Å². The smallest absolute Gasteiger partial charge is 0.348 e. The number of benzene rings is 3. The van der Waals surface area contributed by atoms with E-state index in [9.17, 15) is 22.8 Å². The Morgan fingerprint density at radius 2 is 1.76 bits per heavy atom. The van der Waals surface area contributed by atoms with E-state index in [1.807, 2.05) is 30.3 Å². The summed E-state index contributed by atoms with van der Waals surface area (Å²) < 4.78 is 41.2.